The summed E-state index contributed by atoms with van der Waals surface area (Å²) >= 11 is 0. The van der Waals surface area contributed by atoms with Crippen molar-refractivity contribution in [3.05, 3.63) is 51.1 Å². The topological polar surface area (TPSA) is 79.2 Å². The number of H-pyrrole nitrogens is 1. The maximum Gasteiger partial charge on any atom is 0.327 e. The number of carbonyl (C=O) groups excluding carboxylic acids is 1. The van der Waals surface area contributed by atoms with Gasteiger partial charge in [0.1, 0.15) is 6.54 Å². The summed E-state index contributed by atoms with van der Waals surface area (Å²) in [5.74, 6) is 0.457. The van der Waals surface area contributed by atoms with Gasteiger partial charge in [-0.1, -0.05) is 18.2 Å². The maximum atomic E-state index is 12.1. The minimum Gasteiger partial charge on any atom is -0.358 e. The predicted molar refractivity (Wildman–Crippen MR) is 89.6 cm³/mol. The Morgan fingerprint density at radius 1 is 1.39 bits per heavy atom. The minimum absolute atomic E-state index is 0.0103. The van der Waals surface area contributed by atoms with Gasteiger partial charge in [0, 0.05) is 25.6 Å². The Hall–Kier alpha value is -2.63. The highest BCUT2D eigenvalue weighted by Crippen LogP contribution is 2.29. The van der Waals surface area contributed by atoms with Crippen LogP contribution in [0.15, 0.2) is 28.0 Å². The number of imidazole rings is 1. The molecule has 2 aromatic rings. The molecule has 0 saturated carbocycles. The predicted octanol–water partition coefficient (Wildman–Crippen LogP) is 1.58. The molecule has 1 aliphatic rings. The fourth-order valence-corrected chi connectivity index (χ4v) is 2.82. The number of amides is 1. The quantitative estimate of drug-likeness (QED) is 0.902. The third kappa shape index (κ3) is 2.84. The van der Waals surface area contributed by atoms with Gasteiger partial charge in [0.2, 0.25) is 5.91 Å². The van der Waals surface area contributed by atoms with Crippen molar-refractivity contribution in [1.82, 2.24) is 14.9 Å². The van der Waals surface area contributed by atoms with E-state index in [-0.39, 0.29) is 24.1 Å². The van der Waals surface area contributed by atoms with Crippen molar-refractivity contribution in [3.8, 4) is 0 Å². The van der Waals surface area contributed by atoms with Gasteiger partial charge < -0.3 is 5.32 Å². The number of hydrogen-bond acceptors (Lipinski definition) is 3. The summed E-state index contributed by atoms with van der Waals surface area (Å²) < 4.78 is 1.47. The summed E-state index contributed by atoms with van der Waals surface area (Å²) in [4.78, 5) is 30.8. The van der Waals surface area contributed by atoms with Crippen molar-refractivity contribution in [3.63, 3.8) is 0 Å². The number of fused-ring (bicyclic) bond motifs is 1. The van der Waals surface area contributed by atoms with Gasteiger partial charge in [-0.15, -0.1) is 0 Å². The van der Waals surface area contributed by atoms with Crippen molar-refractivity contribution < 1.29 is 4.79 Å². The lowest BCUT2D eigenvalue weighted by molar-refractivity contribution is -0.121. The lowest BCUT2D eigenvalue weighted by Crippen LogP contribution is -2.30. The molecule has 1 atom stereocenters. The van der Waals surface area contributed by atoms with Crippen LogP contribution < -0.4 is 11.0 Å². The smallest absolute Gasteiger partial charge is 0.327 e. The van der Waals surface area contributed by atoms with Crippen molar-refractivity contribution in [1.29, 1.82) is 0 Å². The van der Waals surface area contributed by atoms with Crippen molar-refractivity contribution in [2.75, 3.05) is 7.05 Å². The van der Waals surface area contributed by atoms with Gasteiger partial charge >= 0.3 is 5.69 Å². The van der Waals surface area contributed by atoms with Crippen LogP contribution in [0, 0.1) is 13.8 Å². The highest BCUT2D eigenvalue weighted by Gasteiger charge is 2.23. The first-order valence-electron chi connectivity index (χ1n) is 7.63. The summed E-state index contributed by atoms with van der Waals surface area (Å²) in [7, 11) is 1.56. The molecule has 1 aromatic carbocycles. The van der Waals surface area contributed by atoms with Gasteiger partial charge in [-0.2, -0.15) is 0 Å². The fourth-order valence-electron chi connectivity index (χ4n) is 2.82. The largest absolute Gasteiger partial charge is 0.358 e. The SMILES string of the molecule is CNC(=O)Cn1c2c([nH]c1=O)N=CC(c1ccc(C)c(C)c1)C2. The van der Waals surface area contributed by atoms with Crippen LogP contribution in [0.4, 0.5) is 5.82 Å². The zero-order valence-electron chi connectivity index (χ0n) is 13.5. The molecule has 0 aliphatic carbocycles. The Kier molecular flexibility index (Phi) is 3.90. The number of aromatic nitrogens is 2. The summed E-state index contributed by atoms with van der Waals surface area (Å²) in [6, 6.07) is 6.35. The van der Waals surface area contributed by atoms with Gasteiger partial charge in [-0.05, 0) is 30.5 Å². The molecule has 2 N–H and O–H groups in total. The first-order chi connectivity index (χ1) is 11.0. The molecule has 3 rings (SSSR count). The summed E-state index contributed by atoms with van der Waals surface area (Å²) in [6.07, 6.45) is 2.52. The number of nitrogens with zero attached hydrogens (tertiary/aromatic N) is 2. The summed E-state index contributed by atoms with van der Waals surface area (Å²) in [5.41, 5.74) is 4.14. The second-order valence-corrected chi connectivity index (χ2v) is 5.92. The van der Waals surface area contributed by atoms with Crippen LogP contribution in [0.5, 0.6) is 0 Å². The molecule has 2 heterocycles. The van der Waals surface area contributed by atoms with Crippen molar-refractivity contribution in [2.24, 2.45) is 4.99 Å². The molecule has 1 unspecified atom stereocenters. The second kappa shape index (κ2) is 5.87. The summed E-state index contributed by atoms with van der Waals surface area (Å²) in [5, 5.41) is 2.54. The van der Waals surface area contributed by atoms with E-state index in [1.54, 1.807) is 7.05 Å². The van der Waals surface area contributed by atoms with Crippen LogP contribution in [-0.2, 0) is 17.8 Å². The molecule has 120 valence electrons. The Morgan fingerprint density at radius 2 is 2.17 bits per heavy atom. The highest BCUT2D eigenvalue weighted by molar-refractivity contribution is 5.77. The van der Waals surface area contributed by atoms with Gasteiger partial charge in [0.25, 0.3) is 0 Å². The molecular formula is C17H20N4O2. The fraction of sp³-hybridized carbons (Fsp3) is 0.353. The number of benzene rings is 1. The van der Waals surface area contributed by atoms with Gasteiger partial charge in [-0.3, -0.25) is 14.3 Å². The van der Waals surface area contributed by atoms with Gasteiger partial charge in [-0.25, -0.2) is 9.79 Å². The number of hydrogen-bond donors (Lipinski definition) is 2. The number of likely N-dealkylation sites (N-methyl/N-ethyl adjacent to an activating group) is 1. The van der Waals surface area contributed by atoms with Crippen LogP contribution in [-0.4, -0.2) is 28.7 Å². The Bertz CT molecular complexity index is 845. The van der Waals surface area contributed by atoms with E-state index in [4.69, 9.17) is 0 Å². The molecule has 6 nitrogen and oxygen atoms in total. The van der Waals surface area contributed by atoms with E-state index >= 15 is 0 Å². The van der Waals surface area contributed by atoms with Crippen LogP contribution in [0.25, 0.3) is 0 Å². The second-order valence-electron chi connectivity index (χ2n) is 5.92. The van der Waals surface area contributed by atoms with Crippen LogP contribution >= 0.6 is 0 Å². The number of aromatic amines is 1. The molecule has 0 spiro atoms. The van der Waals surface area contributed by atoms with E-state index in [2.05, 4.69) is 47.3 Å². The molecule has 0 bridgehead atoms. The lowest BCUT2D eigenvalue weighted by Gasteiger charge is -2.19. The Morgan fingerprint density at radius 3 is 2.87 bits per heavy atom. The van der Waals surface area contributed by atoms with E-state index < -0.39 is 0 Å². The maximum absolute atomic E-state index is 12.1. The first-order valence-corrected chi connectivity index (χ1v) is 7.63. The van der Waals surface area contributed by atoms with E-state index in [1.165, 1.54) is 21.3 Å². The monoisotopic (exact) mass is 312 g/mol. The molecule has 1 aromatic heterocycles. The molecule has 1 aliphatic heterocycles. The molecule has 1 amide bonds. The number of nitrogens with one attached hydrogen (secondary N) is 2. The van der Waals surface area contributed by atoms with Crippen molar-refractivity contribution >= 4 is 17.9 Å². The van der Waals surface area contributed by atoms with Crippen LogP contribution in [0.3, 0.4) is 0 Å². The first kappa shape index (κ1) is 15.3. The van der Waals surface area contributed by atoms with E-state index in [0.29, 0.717) is 12.2 Å². The average molecular weight is 312 g/mol. The van der Waals surface area contributed by atoms with E-state index in [0.717, 1.165) is 5.69 Å². The highest BCUT2D eigenvalue weighted by atomic mass is 16.2. The number of aliphatic imine (C=N–C) groups is 1. The van der Waals surface area contributed by atoms with Gasteiger partial charge in [0.15, 0.2) is 5.82 Å². The number of carbonyl (C=O) groups is 1. The number of rotatable bonds is 3. The summed E-state index contributed by atoms with van der Waals surface area (Å²) in [6.45, 7) is 4.18. The third-order valence-electron chi connectivity index (χ3n) is 4.41. The Balaban J connectivity index is 1.94. The molecule has 0 radical (unpaired) electrons. The molecule has 0 saturated heterocycles. The van der Waals surface area contributed by atoms with Crippen molar-refractivity contribution in [2.45, 2.75) is 32.7 Å². The zero-order chi connectivity index (χ0) is 16.6. The van der Waals surface area contributed by atoms with Crippen LogP contribution in [0.1, 0.15) is 28.3 Å². The van der Waals surface area contributed by atoms with Crippen LogP contribution in [0.2, 0.25) is 0 Å². The average Bonchev–Trinajstić information content (AvgIpc) is 2.85. The molecule has 6 heteroatoms. The normalized spacial score (nSPS) is 16.2. The van der Waals surface area contributed by atoms with E-state index in [1.807, 2.05) is 6.21 Å². The number of aryl methyl sites for hydroxylation is 2. The van der Waals surface area contributed by atoms with Gasteiger partial charge in [0.05, 0.1) is 5.69 Å². The standard InChI is InChI=1S/C17H20N4O2/c1-10-4-5-12(6-11(10)2)13-7-14-16(19-8-13)20-17(23)21(14)9-15(22)18-3/h4-6,8,13H,7,9H2,1-3H3,(H,18,22)(H,20,23). The zero-order valence-corrected chi connectivity index (χ0v) is 13.5. The lowest BCUT2D eigenvalue weighted by atomic mass is 9.91. The minimum atomic E-state index is -0.295. The van der Waals surface area contributed by atoms with E-state index in [9.17, 15) is 9.59 Å². The third-order valence-corrected chi connectivity index (χ3v) is 4.41. The Labute approximate surface area is 134 Å². The molecule has 0 fully saturated rings. The molecule has 23 heavy (non-hydrogen) atoms. The molecular weight excluding hydrogens is 292 g/mol.